The highest BCUT2D eigenvalue weighted by Gasteiger charge is 2.27. The Morgan fingerprint density at radius 2 is 1.50 bits per heavy atom. The Hall–Kier alpha value is -3.18. The van der Waals surface area contributed by atoms with Gasteiger partial charge >= 0.3 is 5.97 Å². The number of esters is 1. The average Bonchev–Trinajstić information content (AvgIpc) is 2.71. The van der Waals surface area contributed by atoms with Gasteiger partial charge in [-0.1, -0.05) is 72.3 Å². The van der Waals surface area contributed by atoms with Gasteiger partial charge < -0.3 is 10.1 Å². The van der Waals surface area contributed by atoms with Gasteiger partial charge in [0.2, 0.25) is 0 Å². The molecule has 3 aromatic rings. The number of rotatable bonds is 6. The van der Waals surface area contributed by atoms with Gasteiger partial charge in [-0.3, -0.25) is 9.59 Å². The third-order valence-electron chi connectivity index (χ3n) is 4.14. The summed E-state index contributed by atoms with van der Waals surface area (Å²) >= 11 is 5.79. The lowest BCUT2D eigenvalue weighted by atomic mass is 9.91. The Labute approximate surface area is 168 Å². The van der Waals surface area contributed by atoms with Crippen molar-refractivity contribution in [3.8, 4) is 0 Å². The number of hydrogen-bond donors (Lipinski definition) is 1. The van der Waals surface area contributed by atoms with Crippen LogP contribution in [0.1, 0.15) is 24.0 Å². The number of carbonyl (C=O) groups excluding carboxylic acids is 2. The van der Waals surface area contributed by atoms with E-state index >= 15 is 0 Å². The molecule has 1 amide bonds. The molecule has 28 heavy (non-hydrogen) atoms. The molecule has 0 saturated carbocycles. The second-order valence-corrected chi connectivity index (χ2v) is 6.62. The summed E-state index contributed by atoms with van der Waals surface area (Å²) in [7, 11) is 0. The smallest absolute Gasteiger partial charge is 0.318 e. The summed E-state index contributed by atoms with van der Waals surface area (Å²) in [6.45, 7) is 1.52. The van der Waals surface area contributed by atoms with Crippen molar-refractivity contribution in [3.05, 3.63) is 95.1 Å². The minimum atomic E-state index is -0.986. The first kappa shape index (κ1) is 19.6. The molecule has 0 spiro atoms. The van der Waals surface area contributed by atoms with Crippen LogP contribution in [0.3, 0.4) is 0 Å². The van der Waals surface area contributed by atoms with E-state index in [2.05, 4.69) is 10.3 Å². The van der Waals surface area contributed by atoms with Crippen LogP contribution in [0, 0.1) is 0 Å². The Morgan fingerprint density at radius 1 is 0.929 bits per heavy atom. The molecule has 6 heteroatoms. The van der Waals surface area contributed by atoms with Crippen LogP contribution in [0.25, 0.3) is 0 Å². The molecule has 3 rings (SSSR count). The van der Waals surface area contributed by atoms with Gasteiger partial charge in [0.05, 0.1) is 5.02 Å². The first-order valence-electron chi connectivity index (χ1n) is 8.77. The van der Waals surface area contributed by atoms with Crippen molar-refractivity contribution in [1.29, 1.82) is 0 Å². The van der Waals surface area contributed by atoms with Crippen molar-refractivity contribution >= 4 is 29.3 Å². The quantitative estimate of drug-likeness (QED) is 0.627. The van der Waals surface area contributed by atoms with Gasteiger partial charge in [-0.15, -0.1) is 0 Å². The predicted molar refractivity (Wildman–Crippen MR) is 108 cm³/mol. The van der Waals surface area contributed by atoms with Crippen LogP contribution in [-0.4, -0.2) is 23.0 Å². The molecular weight excluding hydrogens is 376 g/mol. The lowest BCUT2D eigenvalue weighted by Crippen LogP contribution is -2.32. The fraction of sp³-hybridized carbons (Fsp3) is 0.136. The topological polar surface area (TPSA) is 68.3 Å². The van der Waals surface area contributed by atoms with Gasteiger partial charge in [-0.05, 0) is 30.2 Å². The van der Waals surface area contributed by atoms with Gasteiger partial charge in [-0.2, -0.15) is 0 Å². The van der Waals surface area contributed by atoms with Crippen molar-refractivity contribution in [2.45, 2.75) is 18.9 Å². The summed E-state index contributed by atoms with van der Waals surface area (Å²) in [6, 6.07) is 21.8. The van der Waals surface area contributed by atoms with E-state index in [1.165, 1.54) is 13.1 Å². The van der Waals surface area contributed by atoms with Gasteiger partial charge in [-0.25, -0.2) is 4.98 Å². The minimum Gasteiger partial charge on any atom is -0.452 e. The summed E-state index contributed by atoms with van der Waals surface area (Å²) < 4.78 is 5.47. The number of ether oxygens (including phenoxy) is 1. The molecule has 0 fully saturated rings. The van der Waals surface area contributed by atoms with Crippen molar-refractivity contribution in [3.63, 3.8) is 0 Å². The second-order valence-electron chi connectivity index (χ2n) is 6.18. The van der Waals surface area contributed by atoms with Crippen molar-refractivity contribution in [1.82, 2.24) is 4.98 Å². The number of hydrogen-bond acceptors (Lipinski definition) is 4. The molecule has 0 bridgehead atoms. The van der Waals surface area contributed by atoms with E-state index < -0.39 is 23.9 Å². The zero-order valence-electron chi connectivity index (χ0n) is 15.2. The van der Waals surface area contributed by atoms with Crippen LogP contribution in [-0.2, 0) is 14.3 Å². The maximum Gasteiger partial charge on any atom is 0.318 e. The predicted octanol–water partition coefficient (Wildman–Crippen LogP) is 4.44. The fourth-order valence-electron chi connectivity index (χ4n) is 2.73. The molecule has 0 unspecified atom stereocenters. The fourth-order valence-corrected chi connectivity index (χ4v) is 2.84. The van der Waals surface area contributed by atoms with Crippen molar-refractivity contribution in [2.75, 3.05) is 5.32 Å². The third kappa shape index (κ3) is 4.96. The van der Waals surface area contributed by atoms with E-state index in [4.69, 9.17) is 16.3 Å². The van der Waals surface area contributed by atoms with E-state index in [1.54, 1.807) is 12.1 Å². The molecule has 0 aliphatic heterocycles. The van der Waals surface area contributed by atoms with Crippen LogP contribution in [0.5, 0.6) is 0 Å². The van der Waals surface area contributed by atoms with Gasteiger partial charge in [0.25, 0.3) is 5.91 Å². The number of nitrogens with zero attached hydrogens (tertiary/aromatic N) is 1. The maximum atomic E-state index is 12.9. The molecule has 2 aromatic carbocycles. The number of anilines is 1. The van der Waals surface area contributed by atoms with Crippen LogP contribution in [0.15, 0.2) is 79.0 Å². The normalized spacial score (nSPS) is 11.7. The molecule has 5 nitrogen and oxygen atoms in total. The Morgan fingerprint density at radius 3 is 2.00 bits per heavy atom. The Bertz CT molecular complexity index is 892. The minimum absolute atomic E-state index is 0.333. The number of pyridine rings is 1. The van der Waals surface area contributed by atoms with E-state index in [-0.39, 0.29) is 0 Å². The number of amides is 1. The number of aromatic nitrogens is 1. The molecule has 0 saturated heterocycles. The van der Waals surface area contributed by atoms with E-state index in [0.29, 0.717) is 10.8 Å². The molecule has 142 valence electrons. The number of benzene rings is 2. The standard InChI is InChI=1S/C22H19ClN2O3/c1-15(21(26)25-19-13-12-18(23)14-24-19)28-22(27)20(16-8-4-2-5-9-16)17-10-6-3-7-11-17/h2-15,20H,1H3,(H,24,25,26)/t15-/m0/s1. The largest absolute Gasteiger partial charge is 0.452 e. The number of halogens is 1. The van der Waals surface area contributed by atoms with Crippen LogP contribution in [0.2, 0.25) is 5.02 Å². The molecule has 1 atom stereocenters. The van der Waals surface area contributed by atoms with Crippen LogP contribution in [0.4, 0.5) is 5.82 Å². The summed E-state index contributed by atoms with van der Waals surface area (Å²) in [5.74, 6) is -1.25. The summed E-state index contributed by atoms with van der Waals surface area (Å²) in [6.07, 6.45) is 0.439. The third-order valence-corrected chi connectivity index (χ3v) is 4.37. The average molecular weight is 395 g/mol. The Kier molecular flexibility index (Phi) is 6.40. The summed E-state index contributed by atoms with van der Waals surface area (Å²) in [4.78, 5) is 29.3. The number of nitrogens with one attached hydrogen (secondary N) is 1. The monoisotopic (exact) mass is 394 g/mol. The van der Waals surface area contributed by atoms with E-state index in [9.17, 15) is 9.59 Å². The van der Waals surface area contributed by atoms with Gasteiger partial charge in [0.15, 0.2) is 6.10 Å². The van der Waals surface area contributed by atoms with E-state index in [1.807, 2.05) is 60.7 Å². The van der Waals surface area contributed by atoms with E-state index in [0.717, 1.165) is 11.1 Å². The SMILES string of the molecule is C[C@H](OC(=O)C(c1ccccc1)c1ccccc1)C(=O)Nc1ccc(Cl)cn1. The lowest BCUT2D eigenvalue weighted by Gasteiger charge is -2.20. The first-order valence-corrected chi connectivity index (χ1v) is 9.15. The molecular formula is C22H19ClN2O3. The maximum absolute atomic E-state index is 12.9. The Balaban J connectivity index is 1.74. The highest BCUT2D eigenvalue weighted by Crippen LogP contribution is 2.26. The van der Waals surface area contributed by atoms with Gasteiger partial charge in [0, 0.05) is 6.20 Å². The van der Waals surface area contributed by atoms with Crippen LogP contribution < -0.4 is 5.32 Å². The molecule has 0 aliphatic rings. The molecule has 0 radical (unpaired) electrons. The first-order chi connectivity index (χ1) is 13.5. The summed E-state index contributed by atoms with van der Waals surface area (Å²) in [5.41, 5.74) is 1.59. The zero-order chi connectivity index (χ0) is 19.9. The highest BCUT2D eigenvalue weighted by atomic mass is 35.5. The van der Waals surface area contributed by atoms with Crippen LogP contribution >= 0.6 is 11.6 Å². The lowest BCUT2D eigenvalue weighted by molar-refractivity contribution is -0.153. The zero-order valence-corrected chi connectivity index (χ0v) is 16.0. The molecule has 0 aliphatic carbocycles. The van der Waals surface area contributed by atoms with Crippen molar-refractivity contribution in [2.24, 2.45) is 0 Å². The van der Waals surface area contributed by atoms with Gasteiger partial charge in [0.1, 0.15) is 11.7 Å². The second kappa shape index (κ2) is 9.15. The summed E-state index contributed by atoms with van der Waals surface area (Å²) in [5, 5.41) is 3.07. The molecule has 1 heterocycles. The van der Waals surface area contributed by atoms with Crippen molar-refractivity contribution < 1.29 is 14.3 Å². The molecule has 1 aromatic heterocycles. The highest BCUT2D eigenvalue weighted by molar-refractivity contribution is 6.30. The number of carbonyl (C=O) groups is 2. The molecule has 1 N–H and O–H groups in total.